The van der Waals surface area contributed by atoms with Gasteiger partial charge in [0.25, 0.3) is 7.41 Å². The molecule has 0 saturated carbocycles. The van der Waals surface area contributed by atoms with E-state index in [4.69, 9.17) is 5.26 Å². The molecule has 0 rings (SSSR count). The van der Waals surface area contributed by atoms with Gasteiger partial charge in [-0.25, -0.2) is 5.26 Å². The molecule has 0 saturated heterocycles. The summed E-state index contributed by atoms with van der Waals surface area (Å²) in [6.45, 7) is 4.80. The molecule has 0 fully saturated rings. The zero-order valence-corrected chi connectivity index (χ0v) is 11.6. The quantitative estimate of drug-likeness (QED) is 0.501. The van der Waals surface area contributed by atoms with Gasteiger partial charge < -0.3 is 9.50 Å². The summed E-state index contributed by atoms with van der Waals surface area (Å²) in [6.07, 6.45) is 5.62. The highest BCUT2D eigenvalue weighted by atomic mass is 16.3. The van der Waals surface area contributed by atoms with E-state index < -0.39 is 13.0 Å². The molecule has 4 heteroatoms. The molecule has 0 aliphatic rings. The minimum Gasteiger partial charge on any atom is -0.511 e. The molecule has 0 aliphatic heterocycles. The van der Waals surface area contributed by atoms with Crippen LogP contribution in [-0.2, 0) is 0 Å². The molecule has 0 bridgehead atoms. The van der Waals surface area contributed by atoms with E-state index in [0.717, 1.165) is 12.8 Å². The Bertz CT molecular complexity index is 234. The van der Waals surface area contributed by atoms with Crippen LogP contribution in [0.15, 0.2) is 0 Å². The van der Waals surface area contributed by atoms with Gasteiger partial charge in [0.05, 0.1) is 6.54 Å². The monoisotopic (exact) mass is 226 g/mol. The van der Waals surface area contributed by atoms with Crippen molar-refractivity contribution in [2.24, 2.45) is 0 Å². The summed E-state index contributed by atoms with van der Waals surface area (Å²) in [5, 5.41) is 19.0. The van der Waals surface area contributed by atoms with Gasteiger partial charge in [-0.2, -0.15) is 0 Å². The first kappa shape index (κ1) is 15.5. The van der Waals surface area contributed by atoms with E-state index in [-0.39, 0.29) is 0 Å². The summed E-state index contributed by atoms with van der Waals surface area (Å²) in [4.78, 5) is 0. The molecule has 0 radical (unpaired) electrons. The van der Waals surface area contributed by atoms with Crippen LogP contribution in [0.2, 0.25) is 0 Å². The van der Waals surface area contributed by atoms with Crippen LogP contribution in [0.25, 0.3) is 0 Å². The molecule has 1 N–H and O–H groups in total. The Kier molecular flexibility index (Phi) is 6.70. The molecule has 0 aromatic carbocycles. The van der Waals surface area contributed by atoms with E-state index in [1.807, 2.05) is 21.0 Å². The third-order valence-electron chi connectivity index (χ3n) is 3.09. The van der Waals surface area contributed by atoms with Crippen molar-refractivity contribution in [3.8, 4) is 5.97 Å². The van der Waals surface area contributed by atoms with Crippen molar-refractivity contribution in [3.63, 3.8) is 0 Å². The van der Waals surface area contributed by atoms with E-state index in [2.05, 4.69) is 12.9 Å². The highest BCUT2D eigenvalue weighted by Crippen LogP contribution is 2.18. The van der Waals surface area contributed by atoms with Gasteiger partial charge >= 0.3 is 0 Å². The van der Waals surface area contributed by atoms with Gasteiger partial charge in [-0.05, 0) is 13.3 Å². The maximum atomic E-state index is 10.3. The molecule has 3 nitrogen and oxygen atoms in total. The molecule has 0 spiro atoms. The van der Waals surface area contributed by atoms with Crippen molar-refractivity contribution in [2.45, 2.75) is 51.6 Å². The average molecular weight is 226 g/mol. The number of hydrogen-bond donors (Lipinski definition) is 1. The minimum absolute atomic E-state index is 0.614. The lowest BCUT2D eigenvalue weighted by molar-refractivity contribution is -0.785. The first-order chi connectivity index (χ1) is 7.33. The molecular formula is C12H27BN2O. The maximum absolute atomic E-state index is 10.3. The van der Waals surface area contributed by atoms with E-state index in [9.17, 15) is 5.11 Å². The Hall–Kier alpha value is -0.525. The van der Waals surface area contributed by atoms with Crippen LogP contribution in [0.3, 0.4) is 0 Å². The lowest BCUT2D eigenvalue weighted by Gasteiger charge is -2.42. The smallest absolute Gasteiger partial charge is 0.281 e. The Morgan fingerprint density at radius 3 is 2.44 bits per heavy atom. The third kappa shape index (κ3) is 7.73. The predicted octanol–water partition coefficient (Wildman–Crippen LogP) is 1.35. The molecule has 94 valence electrons. The van der Waals surface area contributed by atoms with Crippen LogP contribution in [0.1, 0.15) is 46.0 Å². The first-order valence-electron chi connectivity index (χ1n) is 6.52. The summed E-state index contributed by atoms with van der Waals surface area (Å²) >= 11 is 0. The zero-order valence-electron chi connectivity index (χ0n) is 11.6. The second-order valence-electron chi connectivity index (χ2n) is 6.20. The summed E-state index contributed by atoms with van der Waals surface area (Å²) in [7, 11) is 3.43. The number of aliphatic hydroxyl groups is 1. The first-order valence-corrected chi connectivity index (χ1v) is 6.52. The standard InChI is InChI=1S/C12H27BN2O/c1-5-6-7-8-9-12(2,16)10-15(3,4)13-11-14/h16H,5-10,13H2,1-4H3. The molecule has 16 heavy (non-hydrogen) atoms. The van der Waals surface area contributed by atoms with Crippen molar-refractivity contribution in [3.05, 3.63) is 0 Å². The Morgan fingerprint density at radius 2 is 1.94 bits per heavy atom. The topological polar surface area (TPSA) is 44.0 Å². The number of unbranched alkanes of at least 4 members (excludes halogenated alkanes) is 3. The van der Waals surface area contributed by atoms with Gasteiger partial charge in [-0.1, -0.05) is 38.6 Å². The Labute approximate surface area is 101 Å². The van der Waals surface area contributed by atoms with Crippen molar-refractivity contribution >= 4 is 7.41 Å². The lowest BCUT2D eigenvalue weighted by Crippen LogP contribution is -2.52. The number of likely N-dealkylation sites (N-methyl/N-ethyl adjacent to an activating group) is 1. The number of nitriles is 1. The van der Waals surface area contributed by atoms with Crippen molar-refractivity contribution < 1.29 is 9.50 Å². The van der Waals surface area contributed by atoms with Crippen LogP contribution in [-0.4, -0.2) is 43.2 Å². The molecule has 0 aromatic heterocycles. The van der Waals surface area contributed by atoms with Crippen molar-refractivity contribution in [2.75, 3.05) is 20.6 Å². The van der Waals surface area contributed by atoms with Crippen LogP contribution in [0.5, 0.6) is 0 Å². The second-order valence-corrected chi connectivity index (χ2v) is 6.20. The number of hydrogen-bond acceptors (Lipinski definition) is 2. The Morgan fingerprint density at radius 1 is 1.31 bits per heavy atom. The molecule has 1 atom stereocenters. The molecular weight excluding hydrogens is 199 g/mol. The third-order valence-corrected chi connectivity index (χ3v) is 3.09. The molecule has 0 aromatic rings. The minimum atomic E-state index is -0.657. The normalized spacial score (nSPS) is 15.5. The number of rotatable bonds is 8. The molecule has 0 aliphatic carbocycles. The van der Waals surface area contributed by atoms with E-state index >= 15 is 0 Å². The van der Waals surface area contributed by atoms with Crippen LogP contribution in [0, 0.1) is 11.2 Å². The summed E-state index contributed by atoms with van der Waals surface area (Å²) in [6, 6.07) is 0. The number of nitrogens with zero attached hydrogens (tertiary/aromatic N) is 2. The van der Waals surface area contributed by atoms with E-state index in [0.29, 0.717) is 10.9 Å². The number of quaternary nitrogens is 1. The predicted molar refractivity (Wildman–Crippen MR) is 70.5 cm³/mol. The van der Waals surface area contributed by atoms with E-state index in [1.165, 1.54) is 19.3 Å². The van der Waals surface area contributed by atoms with Crippen molar-refractivity contribution in [1.29, 1.82) is 5.26 Å². The summed E-state index contributed by atoms with van der Waals surface area (Å²) in [5.74, 6) is 2.29. The maximum Gasteiger partial charge on any atom is 0.281 e. The fourth-order valence-corrected chi connectivity index (χ4v) is 2.38. The Balaban J connectivity index is 3.99. The van der Waals surface area contributed by atoms with Gasteiger partial charge in [0.2, 0.25) is 0 Å². The molecule has 0 heterocycles. The van der Waals surface area contributed by atoms with Gasteiger partial charge in [0.1, 0.15) is 5.60 Å². The second kappa shape index (κ2) is 6.93. The van der Waals surface area contributed by atoms with Crippen molar-refractivity contribution in [1.82, 2.24) is 0 Å². The largest absolute Gasteiger partial charge is 0.511 e. The highest BCUT2D eigenvalue weighted by Gasteiger charge is 2.26. The summed E-state index contributed by atoms with van der Waals surface area (Å²) in [5.41, 5.74) is -0.614. The van der Waals surface area contributed by atoms with Gasteiger partial charge in [0, 0.05) is 14.1 Å². The fraction of sp³-hybridized carbons (Fsp3) is 0.917. The highest BCUT2D eigenvalue weighted by molar-refractivity contribution is 6.36. The molecule has 0 amide bonds. The van der Waals surface area contributed by atoms with Gasteiger partial charge in [-0.3, -0.25) is 0 Å². The van der Waals surface area contributed by atoms with Gasteiger partial charge in [-0.15, -0.1) is 0 Å². The average Bonchev–Trinajstić information content (AvgIpc) is 2.10. The van der Waals surface area contributed by atoms with Crippen LogP contribution >= 0.6 is 0 Å². The summed E-state index contributed by atoms with van der Waals surface area (Å²) < 4.78 is 0.692. The lowest BCUT2D eigenvalue weighted by atomic mass is 9.87. The van der Waals surface area contributed by atoms with E-state index in [1.54, 1.807) is 0 Å². The zero-order chi connectivity index (χ0) is 12.7. The van der Waals surface area contributed by atoms with Gasteiger partial charge in [0.15, 0.2) is 0 Å². The van der Waals surface area contributed by atoms with Crippen LogP contribution in [0.4, 0.5) is 0 Å². The SMILES string of the molecule is CCCCCCC(C)(O)C[N+](C)(C)[BH2-]C#N. The fourth-order valence-electron chi connectivity index (χ4n) is 2.38. The molecule has 1 unspecified atom stereocenters. The van der Waals surface area contributed by atoms with Crippen LogP contribution < -0.4 is 0 Å².